The van der Waals surface area contributed by atoms with Gasteiger partial charge in [-0.3, -0.25) is 4.79 Å². The van der Waals surface area contributed by atoms with Crippen molar-refractivity contribution in [3.05, 3.63) is 29.8 Å². The molecule has 0 bridgehead atoms. The van der Waals surface area contributed by atoms with E-state index in [9.17, 15) is 13.6 Å². The fourth-order valence-electron chi connectivity index (χ4n) is 3.03. The highest BCUT2D eigenvalue weighted by Crippen LogP contribution is 2.19. The number of nitrogens with zero attached hydrogens (tertiary/aromatic N) is 2. The van der Waals surface area contributed by atoms with Crippen LogP contribution in [0.4, 0.5) is 8.78 Å². The number of esters is 1. The zero-order valence-electron chi connectivity index (χ0n) is 15.8. The second-order valence-corrected chi connectivity index (χ2v) is 6.23. The molecule has 150 valence electrons. The predicted octanol–water partition coefficient (Wildman–Crippen LogP) is 3.03. The summed E-state index contributed by atoms with van der Waals surface area (Å²) >= 11 is 0. The van der Waals surface area contributed by atoms with Crippen molar-refractivity contribution >= 4 is 11.9 Å². The summed E-state index contributed by atoms with van der Waals surface area (Å²) in [7, 11) is 0. The van der Waals surface area contributed by atoms with E-state index in [1.807, 2.05) is 17.9 Å². The zero-order valence-corrected chi connectivity index (χ0v) is 15.8. The molecule has 1 aliphatic heterocycles. The fraction of sp³-hybridized carbons (Fsp3) is 0.579. The lowest BCUT2D eigenvalue weighted by Crippen LogP contribution is -2.48. The van der Waals surface area contributed by atoms with E-state index in [2.05, 4.69) is 15.0 Å². The molecular formula is C19H27F2N3O3. The molecule has 27 heavy (non-hydrogen) atoms. The smallest absolute Gasteiger partial charge is 0.387 e. The number of rotatable bonds is 7. The van der Waals surface area contributed by atoms with Gasteiger partial charge in [0.25, 0.3) is 0 Å². The molecule has 1 heterocycles. The molecular weight excluding hydrogens is 356 g/mol. The molecule has 0 saturated carbocycles. The van der Waals surface area contributed by atoms with Crippen molar-refractivity contribution in [3.63, 3.8) is 0 Å². The summed E-state index contributed by atoms with van der Waals surface area (Å²) < 4.78 is 34.3. The number of guanidine groups is 1. The molecule has 1 aliphatic rings. The Morgan fingerprint density at radius 1 is 1.41 bits per heavy atom. The van der Waals surface area contributed by atoms with Gasteiger partial charge in [-0.15, -0.1) is 0 Å². The van der Waals surface area contributed by atoms with E-state index in [-0.39, 0.29) is 17.6 Å². The van der Waals surface area contributed by atoms with Gasteiger partial charge in [-0.1, -0.05) is 12.1 Å². The normalized spacial score (nSPS) is 17.7. The summed E-state index contributed by atoms with van der Waals surface area (Å²) in [6.07, 6.45) is 1.69. The zero-order chi connectivity index (χ0) is 19.6. The van der Waals surface area contributed by atoms with Gasteiger partial charge in [-0.05, 0) is 44.4 Å². The number of nitrogens with one attached hydrogen (secondary N) is 1. The quantitative estimate of drug-likeness (QED) is 0.446. The lowest BCUT2D eigenvalue weighted by molar-refractivity contribution is -0.149. The molecule has 1 N–H and O–H groups in total. The van der Waals surface area contributed by atoms with Gasteiger partial charge in [0.1, 0.15) is 5.75 Å². The van der Waals surface area contributed by atoms with Crippen LogP contribution in [0.25, 0.3) is 0 Å². The van der Waals surface area contributed by atoms with Crippen molar-refractivity contribution in [2.24, 2.45) is 10.9 Å². The third-order valence-electron chi connectivity index (χ3n) is 4.21. The molecule has 8 heteroatoms. The average Bonchev–Trinajstić information content (AvgIpc) is 2.65. The van der Waals surface area contributed by atoms with Gasteiger partial charge >= 0.3 is 12.6 Å². The van der Waals surface area contributed by atoms with Crippen LogP contribution in [0, 0.1) is 5.92 Å². The van der Waals surface area contributed by atoms with Crippen LogP contribution in [0.3, 0.4) is 0 Å². The Morgan fingerprint density at radius 3 is 2.93 bits per heavy atom. The van der Waals surface area contributed by atoms with Crippen LogP contribution >= 0.6 is 0 Å². The Labute approximate surface area is 158 Å². The highest BCUT2D eigenvalue weighted by atomic mass is 19.3. The van der Waals surface area contributed by atoms with Gasteiger partial charge in [0.15, 0.2) is 5.96 Å². The average molecular weight is 383 g/mol. The maximum atomic E-state index is 12.4. The van der Waals surface area contributed by atoms with Gasteiger partial charge in [0.05, 0.1) is 19.1 Å². The predicted molar refractivity (Wildman–Crippen MR) is 98.8 cm³/mol. The van der Waals surface area contributed by atoms with Crippen LogP contribution in [0.15, 0.2) is 29.3 Å². The SMILES string of the molecule is CCNC(=NCc1cccc(OC(F)F)c1)N1CCCC(C(=O)OCC)C1. The van der Waals surface area contributed by atoms with Crippen LogP contribution in [0.5, 0.6) is 5.75 Å². The van der Waals surface area contributed by atoms with Gasteiger partial charge < -0.3 is 19.7 Å². The molecule has 0 aromatic heterocycles. The summed E-state index contributed by atoms with van der Waals surface area (Å²) in [6.45, 7) is 3.66. The van der Waals surface area contributed by atoms with Crippen LogP contribution in [0.1, 0.15) is 32.3 Å². The van der Waals surface area contributed by atoms with Crippen LogP contribution in [-0.2, 0) is 16.1 Å². The standard InChI is InChI=1S/C19H27F2N3O3/c1-3-22-19(24-10-6-8-15(13-24)17(25)26-4-2)23-12-14-7-5-9-16(11-14)27-18(20)21/h5,7,9,11,15,18H,3-4,6,8,10,12-13H2,1-2H3,(H,22,23). The number of piperidine rings is 1. The minimum Gasteiger partial charge on any atom is -0.466 e. The third kappa shape index (κ3) is 6.69. The van der Waals surface area contributed by atoms with Crippen molar-refractivity contribution < 1.29 is 23.0 Å². The number of halogens is 2. The maximum Gasteiger partial charge on any atom is 0.387 e. The Kier molecular flexibility index (Phi) is 8.29. The number of carbonyl (C=O) groups is 1. The van der Waals surface area contributed by atoms with Crippen molar-refractivity contribution in [2.75, 3.05) is 26.2 Å². The first-order chi connectivity index (χ1) is 13.0. The second-order valence-electron chi connectivity index (χ2n) is 6.23. The number of hydrogen-bond acceptors (Lipinski definition) is 4. The van der Waals surface area contributed by atoms with Crippen molar-refractivity contribution in [1.82, 2.24) is 10.2 Å². The largest absolute Gasteiger partial charge is 0.466 e. The van der Waals surface area contributed by atoms with E-state index in [0.29, 0.717) is 32.2 Å². The monoisotopic (exact) mass is 383 g/mol. The van der Waals surface area contributed by atoms with Crippen molar-refractivity contribution in [2.45, 2.75) is 39.8 Å². The van der Waals surface area contributed by atoms with E-state index in [4.69, 9.17) is 4.74 Å². The molecule has 0 aliphatic carbocycles. The number of benzene rings is 1. The molecule has 1 aromatic carbocycles. The summed E-state index contributed by atoms with van der Waals surface area (Å²) in [4.78, 5) is 18.7. The van der Waals surface area contributed by atoms with Crippen LogP contribution in [-0.4, -0.2) is 49.7 Å². The molecule has 1 saturated heterocycles. The summed E-state index contributed by atoms with van der Waals surface area (Å²) in [5, 5.41) is 3.23. The second kappa shape index (κ2) is 10.7. The molecule has 1 aromatic rings. The number of ether oxygens (including phenoxy) is 2. The van der Waals surface area contributed by atoms with E-state index in [1.54, 1.807) is 19.1 Å². The van der Waals surface area contributed by atoms with Crippen molar-refractivity contribution in [1.29, 1.82) is 0 Å². The summed E-state index contributed by atoms with van der Waals surface area (Å²) in [6, 6.07) is 6.51. The minimum atomic E-state index is -2.85. The number of alkyl halides is 2. The lowest BCUT2D eigenvalue weighted by atomic mass is 9.98. The number of aliphatic imine (C=N–C) groups is 1. The third-order valence-corrected chi connectivity index (χ3v) is 4.21. The first-order valence-corrected chi connectivity index (χ1v) is 9.27. The van der Waals surface area contributed by atoms with Gasteiger partial charge in [0.2, 0.25) is 0 Å². The fourth-order valence-corrected chi connectivity index (χ4v) is 3.03. The molecule has 0 amide bonds. The molecule has 1 atom stereocenters. The molecule has 0 spiro atoms. The van der Waals surface area contributed by atoms with Crippen molar-refractivity contribution in [3.8, 4) is 5.75 Å². The van der Waals surface area contributed by atoms with Gasteiger partial charge in [-0.25, -0.2) is 4.99 Å². The lowest BCUT2D eigenvalue weighted by Gasteiger charge is -2.34. The Morgan fingerprint density at radius 2 is 2.22 bits per heavy atom. The van der Waals surface area contributed by atoms with E-state index in [1.165, 1.54) is 6.07 Å². The highest BCUT2D eigenvalue weighted by Gasteiger charge is 2.28. The first-order valence-electron chi connectivity index (χ1n) is 9.27. The van der Waals surface area contributed by atoms with E-state index >= 15 is 0 Å². The molecule has 1 fully saturated rings. The topological polar surface area (TPSA) is 63.2 Å². The Hall–Kier alpha value is -2.38. The van der Waals surface area contributed by atoms with Crippen LogP contribution < -0.4 is 10.1 Å². The maximum absolute atomic E-state index is 12.4. The van der Waals surface area contributed by atoms with Gasteiger partial charge in [0, 0.05) is 19.6 Å². The molecule has 1 unspecified atom stereocenters. The van der Waals surface area contributed by atoms with E-state index < -0.39 is 6.61 Å². The molecule has 6 nitrogen and oxygen atoms in total. The summed E-state index contributed by atoms with van der Waals surface area (Å²) in [5.41, 5.74) is 0.766. The van der Waals surface area contributed by atoms with E-state index in [0.717, 1.165) is 24.9 Å². The highest BCUT2D eigenvalue weighted by molar-refractivity contribution is 5.81. The van der Waals surface area contributed by atoms with Gasteiger partial charge in [-0.2, -0.15) is 8.78 Å². The Balaban J connectivity index is 2.06. The van der Waals surface area contributed by atoms with Crippen LogP contribution in [0.2, 0.25) is 0 Å². The minimum absolute atomic E-state index is 0.114. The number of hydrogen-bond donors (Lipinski definition) is 1. The molecule has 2 rings (SSSR count). The molecule has 0 radical (unpaired) electrons. The number of likely N-dealkylation sites (tertiary alicyclic amines) is 1. The Bertz CT molecular complexity index is 640. The number of carbonyl (C=O) groups excluding carboxylic acids is 1. The summed E-state index contributed by atoms with van der Waals surface area (Å²) in [5.74, 6) is 0.481. The first kappa shape index (κ1) is 20.9.